The van der Waals surface area contributed by atoms with Crippen LogP contribution in [0.2, 0.25) is 0 Å². The predicted molar refractivity (Wildman–Crippen MR) is 126 cm³/mol. The van der Waals surface area contributed by atoms with E-state index in [-0.39, 0.29) is 24.5 Å². The molecular weight excluding hydrogens is 436 g/mol. The summed E-state index contributed by atoms with van der Waals surface area (Å²) in [6, 6.07) is 6.37. The highest BCUT2D eigenvalue weighted by Crippen LogP contribution is 2.36. The van der Waals surface area contributed by atoms with Gasteiger partial charge in [-0.25, -0.2) is 9.59 Å². The number of carbonyl (C=O) groups is 3. The van der Waals surface area contributed by atoms with E-state index in [0.29, 0.717) is 55.3 Å². The minimum atomic E-state index is -0.685. The molecule has 0 bridgehead atoms. The molecule has 1 saturated carbocycles. The fourth-order valence-electron chi connectivity index (χ4n) is 4.79. The third-order valence-electron chi connectivity index (χ3n) is 7.03. The first-order valence-electron chi connectivity index (χ1n) is 12.0. The summed E-state index contributed by atoms with van der Waals surface area (Å²) in [6.45, 7) is 5.09. The van der Waals surface area contributed by atoms with Crippen molar-refractivity contribution >= 4 is 17.9 Å². The van der Waals surface area contributed by atoms with Gasteiger partial charge in [0.1, 0.15) is 5.75 Å². The van der Waals surface area contributed by atoms with Crippen molar-refractivity contribution in [2.75, 3.05) is 53.5 Å². The molecule has 1 aromatic carbocycles. The average Bonchev–Trinajstić information content (AvgIpc) is 2.81. The maximum Gasteiger partial charge on any atom is 0.338 e. The fraction of sp³-hybridized carbons (Fsp3) is 0.560. The first kappa shape index (κ1) is 24.1. The lowest BCUT2D eigenvalue weighted by Gasteiger charge is -2.41. The van der Waals surface area contributed by atoms with E-state index < -0.39 is 12.0 Å². The number of carbonyl (C=O) groups excluding carboxylic acids is 3. The van der Waals surface area contributed by atoms with Crippen LogP contribution in [-0.4, -0.2) is 86.1 Å². The molecule has 0 aromatic heterocycles. The zero-order valence-corrected chi connectivity index (χ0v) is 20.2. The Hall–Kier alpha value is -3.07. The van der Waals surface area contributed by atoms with Crippen LogP contribution in [-0.2, 0) is 14.3 Å². The van der Waals surface area contributed by atoms with E-state index in [0.717, 1.165) is 19.3 Å². The molecule has 2 fully saturated rings. The maximum absolute atomic E-state index is 13.2. The molecule has 1 aromatic rings. The normalized spacial score (nSPS) is 21.7. The van der Waals surface area contributed by atoms with Crippen LogP contribution < -0.4 is 10.1 Å². The molecule has 34 heavy (non-hydrogen) atoms. The summed E-state index contributed by atoms with van der Waals surface area (Å²) in [5.74, 6) is 0.586. The number of esters is 1. The van der Waals surface area contributed by atoms with Crippen LogP contribution in [0, 0.1) is 5.92 Å². The van der Waals surface area contributed by atoms with Crippen LogP contribution in [0.1, 0.15) is 37.8 Å². The van der Waals surface area contributed by atoms with E-state index in [4.69, 9.17) is 9.47 Å². The molecule has 1 saturated heterocycles. The van der Waals surface area contributed by atoms with Crippen molar-refractivity contribution in [1.82, 2.24) is 20.0 Å². The molecule has 3 aliphatic rings. The molecule has 184 valence electrons. The maximum atomic E-state index is 13.2. The third-order valence-corrected chi connectivity index (χ3v) is 7.03. The lowest BCUT2D eigenvalue weighted by Crippen LogP contribution is -2.54. The van der Waals surface area contributed by atoms with Gasteiger partial charge in [-0.2, -0.15) is 0 Å². The van der Waals surface area contributed by atoms with Crippen LogP contribution in [0.25, 0.3) is 0 Å². The number of nitrogens with zero attached hydrogens (tertiary/aromatic N) is 3. The number of benzene rings is 1. The molecule has 4 rings (SSSR count). The number of para-hydroxylation sites is 1. The number of likely N-dealkylation sites (N-methyl/N-ethyl adjacent to an activating group) is 1. The molecule has 0 spiro atoms. The SMILES string of the molecule is CCOC(=O)C1=C(CN2CCN(C(=O)C3CCC3)CC2)N(C)C(=O)N[C@H]1c1ccccc1OC. The van der Waals surface area contributed by atoms with Gasteiger partial charge in [-0.3, -0.25) is 14.6 Å². The average molecular weight is 471 g/mol. The summed E-state index contributed by atoms with van der Waals surface area (Å²) in [7, 11) is 3.23. The number of hydrogen-bond acceptors (Lipinski definition) is 6. The van der Waals surface area contributed by atoms with Crippen molar-refractivity contribution in [2.24, 2.45) is 5.92 Å². The number of methoxy groups -OCH3 is 1. The molecule has 9 heteroatoms. The number of piperazine rings is 1. The van der Waals surface area contributed by atoms with Gasteiger partial charge >= 0.3 is 12.0 Å². The van der Waals surface area contributed by atoms with E-state index in [1.165, 1.54) is 4.90 Å². The van der Waals surface area contributed by atoms with E-state index in [9.17, 15) is 14.4 Å². The highest BCUT2D eigenvalue weighted by atomic mass is 16.5. The van der Waals surface area contributed by atoms with Gasteiger partial charge in [0.2, 0.25) is 5.91 Å². The molecule has 2 aliphatic heterocycles. The Morgan fingerprint density at radius 2 is 1.82 bits per heavy atom. The lowest BCUT2D eigenvalue weighted by atomic mass is 9.84. The summed E-state index contributed by atoms with van der Waals surface area (Å²) in [5.41, 5.74) is 1.71. The Morgan fingerprint density at radius 3 is 2.44 bits per heavy atom. The Morgan fingerprint density at radius 1 is 1.12 bits per heavy atom. The first-order chi connectivity index (χ1) is 16.4. The molecule has 0 unspecified atom stereocenters. The van der Waals surface area contributed by atoms with E-state index >= 15 is 0 Å². The summed E-state index contributed by atoms with van der Waals surface area (Å²) in [5, 5.41) is 2.94. The van der Waals surface area contributed by atoms with Gasteiger partial charge in [-0.05, 0) is 25.8 Å². The smallest absolute Gasteiger partial charge is 0.338 e. The van der Waals surface area contributed by atoms with Crippen LogP contribution in [0.4, 0.5) is 4.79 Å². The second-order valence-corrected chi connectivity index (χ2v) is 8.99. The molecule has 3 amide bonds. The summed E-state index contributed by atoms with van der Waals surface area (Å²) in [4.78, 5) is 44.3. The van der Waals surface area contributed by atoms with Crippen molar-refractivity contribution in [3.8, 4) is 5.75 Å². The van der Waals surface area contributed by atoms with Gasteiger partial charge < -0.3 is 19.7 Å². The number of urea groups is 1. The highest BCUT2D eigenvalue weighted by molar-refractivity contribution is 5.95. The van der Waals surface area contributed by atoms with Gasteiger partial charge in [0.25, 0.3) is 0 Å². The fourth-order valence-corrected chi connectivity index (χ4v) is 4.79. The van der Waals surface area contributed by atoms with Crippen molar-refractivity contribution in [3.63, 3.8) is 0 Å². The quantitative estimate of drug-likeness (QED) is 0.614. The monoisotopic (exact) mass is 470 g/mol. The minimum absolute atomic E-state index is 0.194. The van der Waals surface area contributed by atoms with Crippen LogP contribution in [0.3, 0.4) is 0 Å². The zero-order valence-electron chi connectivity index (χ0n) is 20.2. The third kappa shape index (κ3) is 4.75. The number of nitrogens with one attached hydrogen (secondary N) is 1. The van der Waals surface area contributed by atoms with E-state index in [1.54, 1.807) is 27.1 Å². The molecule has 1 aliphatic carbocycles. The lowest BCUT2D eigenvalue weighted by molar-refractivity contribution is -0.140. The van der Waals surface area contributed by atoms with Crippen molar-refractivity contribution in [1.29, 1.82) is 0 Å². The van der Waals surface area contributed by atoms with Crippen LogP contribution >= 0.6 is 0 Å². The predicted octanol–water partition coefficient (Wildman–Crippen LogP) is 2.15. The van der Waals surface area contributed by atoms with Crippen LogP contribution in [0.15, 0.2) is 35.5 Å². The zero-order chi connectivity index (χ0) is 24.2. The van der Waals surface area contributed by atoms with Gasteiger partial charge in [0.15, 0.2) is 0 Å². The Kier molecular flexibility index (Phi) is 7.41. The second kappa shape index (κ2) is 10.5. The number of hydrogen-bond donors (Lipinski definition) is 1. The standard InChI is InChI=1S/C25H34N4O5/c1-4-34-24(31)21-19(16-28-12-14-29(15-13-28)23(30)17-8-7-9-17)27(2)25(32)26-22(21)18-10-5-6-11-20(18)33-3/h5-6,10-11,17,22H,4,7-9,12-16H2,1-3H3,(H,26,32)/t22-/m0/s1. The molecule has 9 nitrogen and oxygen atoms in total. The summed E-state index contributed by atoms with van der Waals surface area (Å²) >= 11 is 0. The largest absolute Gasteiger partial charge is 0.496 e. The topological polar surface area (TPSA) is 91.4 Å². The first-order valence-corrected chi connectivity index (χ1v) is 12.0. The van der Waals surface area contributed by atoms with E-state index in [2.05, 4.69) is 10.2 Å². The van der Waals surface area contributed by atoms with E-state index in [1.807, 2.05) is 23.1 Å². The molecule has 1 N–H and O–H groups in total. The number of amides is 3. The van der Waals surface area contributed by atoms with Crippen molar-refractivity contribution in [2.45, 2.75) is 32.2 Å². The second-order valence-electron chi connectivity index (χ2n) is 8.99. The Labute approximate surface area is 200 Å². The van der Waals surface area contributed by atoms with Crippen molar-refractivity contribution in [3.05, 3.63) is 41.1 Å². The Balaban J connectivity index is 1.60. The van der Waals surface area contributed by atoms with Gasteiger partial charge in [0.05, 0.1) is 25.3 Å². The highest BCUT2D eigenvalue weighted by Gasteiger charge is 2.39. The summed E-state index contributed by atoms with van der Waals surface area (Å²) in [6.07, 6.45) is 3.14. The van der Waals surface area contributed by atoms with Crippen molar-refractivity contribution < 1.29 is 23.9 Å². The summed E-state index contributed by atoms with van der Waals surface area (Å²) < 4.78 is 10.9. The van der Waals surface area contributed by atoms with Gasteiger partial charge in [0, 0.05) is 56.9 Å². The Bertz CT molecular complexity index is 966. The molecule has 1 atom stereocenters. The number of rotatable bonds is 7. The minimum Gasteiger partial charge on any atom is -0.496 e. The molecule has 0 radical (unpaired) electrons. The molecule has 2 heterocycles. The van der Waals surface area contributed by atoms with Crippen LogP contribution in [0.5, 0.6) is 5.75 Å². The number of ether oxygens (including phenoxy) is 2. The van der Waals surface area contributed by atoms with Gasteiger partial charge in [-0.1, -0.05) is 24.6 Å². The van der Waals surface area contributed by atoms with Gasteiger partial charge in [-0.15, -0.1) is 0 Å². The molecular formula is C25H34N4O5.